The van der Waals surface area contributed by atoms with Crippen LogP contribution in [-0.4, -0.2) is 70.8 Å². The van der Waals surface area contributed by atoms with Crippen molar-refractivity contribution in [2.24, 2.45) is 11.8 Å². The van der Waals surface area contributed by atoms with E-state index in [9.17, 15) is 19.5 Å². The summed E-state index contributed by atoms with van der Waals surface area (Å²) in [4.78, 5) is 44.7. The molecular formula is C27H32N2O6. The number of carbonyl (C=O) groups excluding carboxylic acids is 3. The third kappa shape index (κ3) is 3.37. The van der Waals surface area contributed by atoms with Gasteiger partial charge in [-0.05, 0) is 51.3 Å². The normalized spacial score (nSPS) is 35.1. The Morgan fingerprint density at radius 2 is 1.89 bits per heavy atom. The number of likely N-dealkylation sites (tertiary alicyclic amines) is 1. The highest BCUT2D eigenvalue weighted by atomic mass is 16.6. The molecule has 4 heterocycles. The van der Waals surface area contributed by atoms with Crippen molar-refractivity contribution >= 4 is 23.5 Å². The van der Waals surface area contributed by atoms with Crippen LogP contribution in [0.5, 0.6) is 0 Å². The number of cyclic esters (lactones) is 1. The van der Waals surface area contributed by atoms with Crippen LogP contribution >= 0.6 is 0 Å². The Morgan fingerprint density at radius 1 is 1.11 bits per heavy atom. The van der Waals surface area contributed by atoms with Crippen LogP contribution in [-0.2, 0) is 23.9 Å². The van der Waals surface area contributed by atoms with Gasteiger partial charge in [0.15, 0.2) is 0 Å². The van der Waals surface area contributed by atoms with Gasteiger partial charge in [-0.3, -0.25) is 14.4 Å². The Hall–Kier alpha value is -2.97. The molecule has 35 heavy (non-hydrogen) atoms. The van der Waals surface area contributed by atoms with Crippen molar-refractivity contribution < 1.29 is 29.0 Å². The summed E-state index contributed by atoms with van der Waals surface area (Å²) in [5.74, 6) is -3.02. The van der Waals surface area contributed by atoms with Crippen molar-refractivity contribution in [1.29, 1.82) is 0 Å². The number of hydrogen-bond acceptors (Lipinski definition) is 6. The summed E-state index contributed by atoms with van der Waals surface area (Å²) in [5, 5.41) is 10.0. The number of aliphatic hydroxyl groups excluding tert-OH is 1. The van der Waals surface area contributed by atoms with Crippen LogP contribution < -0.4 is 4.90 Å². The molecule has 0 bridgehead atoms. The van der Waals surface area contributed by atoms with Crippen LogP contribution in [0.25, 0.3) is 0 Å². The molecule has 5 rings (SSSR count). The van der Waals surface area contributed by atoms with Crippen LogP contribution in [0, 0.1) is 25.7 Å². The molecule has 2 saturated heterocycles. The first-order valence-corrected chi connectivity index (χ1v) is 12.2. The molecule has 8 nitrogen and oxygen atoms in total. The van der Waals surface area contributed by atoms with Crippen LogP contribution in [0.15, 0.2) is 42.5 Å². The number of aliphatic hydroxyl groups is 1. The Morgan fingerprint density at radius 3 is 2.63 bits per heavy atom. The Bertz CT molecular complexity index is 1140. The molecule has 4 aliphatic rings. The highest BCUT2D eigenvalue weighted by Crippen LogP contribution is 2.57. The first kappa shape index (κ1) is 23.8. The largest absolute Gasteiger partial charge is 0.465 e. The lowest BCUT2D eigenvalue weighted by atomic mass is 9.74. The minimum atomic E-state index is -1.36. The van der Waals surface area contributed by atoms with E-state index in [0.717, 1.165) is 16.8 Å². The molecule has 0 radical (unpaired) electrons. The number of anilines is 1. The van der Waals surface area contributed by atoms with Crippen LogP contribution in [0.3, 0.4) is 0 Å². The van der Waals surface area contributed by atoms with Gasteiger partial charge in [0.05, 0.1) is 30.8 Å². The van der Waals surface area contributed by atoms with Crippen LogP contribution in [0.1, 0.15) is 31.4 Å². The molecule has 1 N–H and O–H groups in total. The second-order valence-corrected chi connectivity index (χ2v) is 10.3. The molecular weight excluding hydrogens is 448 g/mol. The van der Waals surface area contributed by atoms with E-state index >= 15 is 0 Å². The zero-order valence-electron chi connectivity index (χ0n) is 20.6. The average Bonchev–Trinajstić information content (AvgIpc) is 3.14. The number of hydrogen-bond donors (Lipinski definition) is 1. The summed E-state index contributed by atoms with van der Waals surface area (Å²) in [5.41, 5.74) is 0.237. The highest BCUT2D eigenvalue weighted by Gasteiger charge is 2.75. The highest BCUT2D eigenvalue weighted by molar-refractivity contribution is 6.06. The van der Waals surface area contributed by atoms with E-state index < -0.39 is 41.1 Å². The molecule has 6 atom stereocenters. The quantitative estimate of drug-likeness (QED) is 0.526. The molecule has 0 aromatic heterocycles. The third-order valence-corrected chi connectivity index (χ3v) is 7.85. The first-order valence-electron chi connectivity index (χ1n) is 12.2. The van der Waals surface area contributed by atoms with Crippen LogP contribution in [0.2, 0.25) is 0 Å². The van der Waals surface area contributed by atoms with E-state index in [1.165, 1.54) is 4.90 Å². The van der Waals surface area contributed by atoms with Crippen molar-refractivity contribution in [3.63, 3.8) is 0 Å². The third-order valence-electron chi connectivity index (χ3n) is 7.85. The van der Waals surface area contributed by atoms with Gasteiger partial charge in [0.2, 0.25) is 5.91 Å². The van der Waals surface area contributed by atoms with E-state index in [0.29, 0.717) is 13.0 Å². The molecule has 0 saturated carbocycles. The average molecular weight is 481 g/mol. The smallest absolute Gasteiger partial charge is 0.313 e. The Kier molecular flexibility index (Phi) is 5.64. The van der Waals surface area contributed by atoms with Crippen molar-refractivity contribution in [3.05, 3.63) is 53.6 Å². The molecule has 1 spiro atoms. The van der Waals surface area contributed by atoms with Gasteiger partial charge in [-0.15, -0.1) is 0 Å². The number of carbonyl (C=O) groups is 3. The molecule has 1 aromatic rings. The second kappa shape index (κ2) is 8.31. The Labute approximate surface area is 205 Å². The zero-order valence-corrected chi connectivity index (χ0v) is 20.6. The fraction of sp³-hybridized carbons (Fsp3) is 0.519. The number of rotatable bonds is 3. The standard InChI is InChI=1S/C27H32N2O6/c1-16-8-9-17(2)19(14-16)28-12-7-11-27-20(23(31)29(18(3)15-30)22(27)24(28)32)21-25(33)34-13-6-5-10-26(21,4)35-27/h5,7-11,14,18,20-22,30H,6,12-13,15H2,1-4H3/t18-,20+,21+,22?,26-,27+/m1/s1. The minimum Gasteiger partial charge on any atom is -0.465 e. The maximum Gasteiger partial charge on any atom is 0.313 e. The number of aryl methyl sites for hydroxylation is 2. The lowest BCUT2D eigenvalue weighted by Crippen LogP contribution is -2.58. The molecule has 0 aliphatic carbocycles. The van der Waals surface area contributed by atoms with Gasteiger partial charge in [-0.2, -0.15) is 0 Å². The summed E-state index contributed by atoms with van der Waals surface area (Å²) in [6, 6.07) is 4.24. The summed E-state index contributed by atoms with van der Waals surface area (Å²) < 4.78 is 12.2. The molecule has 186 valence electrons. The van der Waals surface area contributed by atoms with Gasteiger partial charge in [0.1, 0.15) is 17.6 Å². The minimum absolute atomic E-state index is 0.227. The number of benzene rings is 1. The van der Waals surface area contributed by atoms with E-state index in [1.807, 2.05) is 50.3 Å². The molecule has 8 heteroatoms. The van der Waals surface area contributed by atoms with Gasteiger partial charge < -0.3 is 24.4 Å². The summed E-state index contributed by atoms with van der Waals surface area (Å²) >= 11 is 0. The van der Waals surface area contributed by atoms with Gasteiger partial charge in [-0.1, -0.05) is 36.4 Å². The zero-order chi connectivity index (χ0) is 25.1. The van der Waals surface area contributed by atoms with Gasteiger partial charge in [0, 0.05) is 12.2 Å². The number of amides is 2. The van der Waals surface area contributed by atoms with E-state index in [1.54, 1.807) is 24.8 Å². The second-order valence-electron chi connectivity index (χ2n) is 10.3. The van der Waals surface area contributed by atoms with Gasteiger partial charge >= 0.3 is 5.97 Å². The molecule has 2 amide bonds. The summed E-state index contributed by atoms with van der Waals surface area (Å²) in [6.45, 7) is 7.60. The monoisotopic (exact) mass is 480 g/mol. The lowest BCUT2D eigenvalue weighted by molar-refractivity contribution is -0.160. The van der Waals surface area contributed by atoms with Crippen LogP contribution in [0.4, 0.5) is 5.69 Å². The fourth-order valence-corrected chi connectivity index (χ4v) is 6.22. The van der Waals surface area contributed by atoms with Gasteiger partial charge in [-0.25, -0.2) is 0 Å². The molecule has 1 unspecified atom stereocenters. The predicted molar refractivity (Wildman–Crippen MR) is 129 cm³/mol. The number of esters is 1. The molecule has 1 aromatic carbocycles. The van der Waals surface area contributed by atoms with E-state index in [-0.39, 0.29) is 25.0 Å². The fourth-order valence-electron chi connectivity index (χ4n) is 6.22. The van der Waals surface area contributed by atoms with E-state index in [4.69, 9.17) is 9.47 Å². The lowest BCUT2D eigenvalue weighted by Gasteiger charge is -2.39. The van der Waals surface area contributed by atoms with Crippen molar-refractivity contribution in [1.82, 2.24) is 4.90 Å². The Balaban J connectivity index is 1.69. The summed E-state index contributed by atoms with van der Waals surface area (Å²) in [7, 11) is 0. The van der Waals surface area contributed by atoms with Gasteiger partial charge in [0.25, 0.3) is 5.91 Å². The van der Waals surface area contributed by atoms with Crippen molar-refractivity contribution in [2.45, 2.75) is 57.4 Å². The number of ether oxygens (including phenoxy) is 2. The molecule has 4 aliphatic heterocycles. The van der Waals surface area contributed by atoms with Crippen molar-refractivity contribution in [2.75, 3.05) is 24.7 Å². The molecule has 2 fully saturated rings. The van der Waals surface area contributed by atoms with E-state index in [2.05, 4.69) is 0 Å². The maximum absolute atomic E-state index is 14.3. The number of nitrogens with zero attached hydrogens (tertiary/aromatic N) is 2. The topological polar surface area (TPSA) is 96.4 Å². The first-order chi connectivity index (χ1) is 16.6. The summed E-state index contributed by atoms with van der Waals surface area (Å²) in [6.07, 6.45) is 7.93. The number of fused-ring (bicyclic) bond motifs is 2. The SMILES string of the molecule is Cc1ccc(C)c(N2CC=C[C@]34O[C@]5(C)C=CCCOC(=O)[C@@H]5[C@H]3C(=O)N([C@H](C)CO)C4C2=O)c1. The predicted octanol–water partition coefficient (Wildman–Crippen LogP) is 2.06. The maximum atomic E-state index is 14.3. The van der Waals surface area contributed by atoms with Crippen molar-refractivity contribution in [3.8, 4) is 0 Å².